The summed E-state index contributed by atoms with van der Waals surface area (Å²) in [6.07, 6.45) is 0. The maximum absolute atomic E-state index is 12.9. The van der Waals surface area contributed by atoms with Crippen molar-refractivity contribution in [2.24, 2.45) is 0 Å². The highest BCUT2D eigenvalue weighted by atomic mass is 19.1. The molecular weight excluding hydrogens is 248 g/mol. The Morgan fingerprint density at radius 2 is 0.778 bits per heavy atom. The molecule has 0 radical (unpaired) electrons. The van der Waals surface area contributed by atoms with E-state index in [1.807, 2.05) is 0 Å². The highest BCUT2D eigenvalue weighted by molar-refractivity contribution is 5.52. The summed E-state index contributed by atoms with van der Waals surface area (Å²) >= 11 is 0. The fourth-order valence-corrected chi connectivity index (χ4v) is 1.40. The zero-order chi connectivity index (χ0) is 13.1. The van der Waals surface area contributed by atoms with Crippen LogP contribution in [-0.4, -0.2) is 0 Å². The SMILES string of the molecule is Fc1cc(F)cc(NNc2cc(F)cc(F)c2)c1. The van der Waals surface area contributed by atoms with Gasteiger partial charge in [0, 0.05) is 12.1 Å². The monoisotopic (exact) mass is 256 g/mol. The van der Waals surface area contributed by atoms with Gasteiger partial charge < -0.3 is 10.9 Å². The summed E-state index contributed by atoms with van der Waals surface area (Å²) in [6, 6.07) is 5.56. The lowest BCUT2D eigenvalue weighted by atomic mass is 10.3. The summed E-state index contributed by atoms with van der Waals surface area (Å²) in [5, 5.41) is 0. The van der Waals surface area contributed by atoms with Crippen LogP contribution in [0.25, 0.3) is 0 Å². The van der Waals surface area contributed by atoms with E-state index in [0.717, 1.165) is 24.3 Å². The van der Waals surface area contributed by atoms with Crippen molar-refractivity contribution in [2.75, 3.05) is 10.9 Å². The van der Waals surface area contributed by atoms with Gasteiger partial charge in [-0.3, -0.25) is 0 Å². The number of hydrazine groups is 1. The molecule has 2 N–H and O–H groups in total. The van der Waals surface area contributed by atoms with E-state index in [0.29, 0.717) is 12.1 Å². The average molecular weight is 256 g/mol. The molecule has 2 rings (SSSR count). The first-order chi connectivity index (χ1) is 8.52. The van der Waals surface area contributed by atoms with Crippen molar-refractivity contribution in [3.63, 3.8) is 0 Å². The number of hydrogen-bond donors (Lipinski definition) is 2. The summed E-state index contributed by atoms with van der Waals surface area (Å²) < 4.78 is 51.4. The Kier molecular flexibility index (Phi) is 3.36. The Labute approximate surface area is 100 Å². The molecule has 6 heteroatoms. The van der Waals surface area contributed by atoms with Crippen LogP contribution in [0.4, 0.5) is 28.9 Å². The molecule has 94 valence electrons. The largest absolute Gasteiger partial charge is 0.301 e. The number of nitrogens with one attached hydrogen (secondary N) is 2. The van der Waals surface area contributed by atoms with Crippen molar-refractivity contribution >= 4 is 11.4 Å². The van der Waals surface area contributed by atoms with Crippen molar-refractivity contribution in [1.82, 2.24) is 0 Å². The zero-order valence-corrected chi connectivity index (χ0v) is 8.98. The minimum absolute atomic E-state index is 0.0946. The molecule has 0 saturated heterocycles. The average Bonchev–Trinajstić information content (AvgIpc) is 2.23. The van der Waals surface area contributed by atoms with Gasteiger partial charge in [0.25, 0.3) is 0 Å². The summed E-state index contributed by atoms with van der Waals surface area (Å²) in [4.78, 5) is 0. The van der Waals surface area contributed by atoms with Gasteiger partial charge in [0.2, 0.25) is 0 Å². The fraction of sp³-hybridized carbons (Fsp3) is 0. The Balaban J connectivity index is 2.11. The maximum Gasteiger partial charge on any atom is 0.128 e. The number of benzene rings is 2. The van der Waals surface area contributed by atoms with Crippen LogP contribution in [0.1, 0.15) is 0 Å². The molecule has 0 spiro atoms. The molecule has 2 nitrogen and oxygen atoms in total. The van der Waals surface area contributed by atoms with E-state index >= 15 is 0 Å². The molecular formula is C12H8F4N2. The van der Waals surface area contributed by atoms with Gasteiger partial charge in [0.15, 0.2) is 0 Å². The lowest BCUT2D eigenvalue weighted by Crippen LogP contribution is -2.09. The topological polar surface area (TPSA) is 24.1 Å². The number of anilines is 2. The summed E-state index contributed by atoms with van der Waals surface area (Å²) in [6.45, 7) is 0. The smallest absolute Gasteiger partial charge is 0.128 e. The van der Waals surface area contributed by atoms with Crippen LogP contribution in [-0.2, 0) is 0 Å². The molecule has 0 aliphatic carbocycles. The quantitative estimate of drug-likeness (QED) is 0.646. The van der Waals surface area contributed by atoms with Crippen LogP contribution in [0.3, 0.4) is 0 Å². The fourth-order valence-electron chi connectivity index (χ4n) is 1.40. The number of hydrogen-bond acceptors (Lipinski definition) is 2. The maximum atomic E-state index is 12.9. The van der Waals surface area contributed by atoms with Crippen molar-refractivity contribution in [3.8, 4) is 0 Å². The van der Waals surface area contributed by atoms with Gasteiger partial charge in [-0.2, -0.15) is 0 Å². The molecule has 0 aliphatic heterocycles. The van der Waals surface area contributed by atoms with Crippen LogP contribution in [0.2, 0.25) is 0 Å². The van der Waals surface area contributed by atoms with E-state index in [1.165, 1.54) is 0 Å². The molecule has 0 saturated carbocycles. The van der Waals surface area contributed by atoms with Crippen molar-refractivity contribution < 1.29 is 17.6 Å². The molecule has 0 atom stereocenters. The van der Waals surface area contributed by atoms with Crippen LogP contribution < -0.4 is 10.9 Å². The molecule has 0 bridgehead atoms. The van der Waals surface area contributed by atoms with Gasteiger partial charge in [0.1, 0.15) is 23.3 Å². The molecule has 2 aromatic carbocycles. The predicted octanol–water partition coefficient (Wildman–Crippen LogP) is 3.68. The van der Waals surface area contributed by atoms with Crippen LogP contribution in [0.15, 0.2) is 36.4 Å². The van der Waals surface area contributed by atoms with Gasteiger partial charge in [-0.25, -0.2) is 17.6 Å². The van der Waals surface area contributed by atoms with Gasteiger partial charge in [0.05, 0.1) is 11.4 Å². The Morgan fingerprint density at radius 1 is 0.500 bits per heavy atom. The molecule has 18 heavy (non-hydrogen) atoms. The van der Waals surface area contributed by atoms with E-state index in [1.54, 1.807) is 0 Å². The second-order valence-corrected chi connectivity index (χ2v) is 3.57. The molecule has 2 aromatic rings. The second-order valence-electron chi connectivity index (χ2n) is 3.57. The Bertz CT molecular complexity index is 480. The molecule has 0 aromatic heterocycles. The minimum atomic E-state index is -0.760. The predicted molar refractivity (Wildman–Crippen MR) is 60.0 cm³/mol. The minimum Gasteiger partial charge on any atom is -0.301 e. The molecule has 0 fully saturated rings. The molecule has 0 heterocycles. The molecule has 0 amide bonds. The Hall–Kier alpha value is -2.24. The van der Waals surface area contributed by atoms with Gasteiger partial charge in [-0.15, -0.1) is 0 Å². The normalized spacial score (nSPS) is 10.2. The summed E-state index contributed by atoms with van der Waals surface area (Å²) in [7, 11) is 0. The van der Waals surface area contributed by atoms with Gasteiger partial charge >= 0.3 is 0 Å². The summed E-state index contributed by atoms with van der Waals surface area (Å²) in [5.74, 6) is -3.04. The van der Waals surface area contributed by atoms with E-state index in [4.69, 9.17) is 0 Å². The van der Waals surface area contributed by atoms with Crippen molar-refractivity contribution in [2.45, 2.75) is 0 Å². The van der Waals surface area contributed by atoms with Gasteiger partial charge in [-0.05, 0) is 24.3 Å². The van der Waals surface area contributed by atoms with Crippen molar-refractivity contribution in [3.05, 3.63) is 59.7 Å². The second kappa shape index (κ2) is 4.95. The van der Waals surface area contributed by atoms with Crippen LogP contribution in [0, 0.1) is 23.3 Å². The third kappa shape index (κ3) is 3.13. The van der Waals surface area contributed by atoms with Crippen LogP contribution >= 0.6 is 0 Å². The lowest BCUT2D eigenvalue weighted by Gasteiger charge is -2.10. The highest BCUT2D eigenvalue weighted by Crippen LogP contribution is 2.16. The van der Waals surface area contributed by atoms with Crippen molar-refractivity contribution in [1.29, 1.82) is 0 Å². The van der Waals surface area contributed by atoms with E-state index in [2.05, 4.69) is 10.9 Å². The number of rotatable bonds is 3. The zero-order valence-electron chi connectivity index (χ0n) is 8.98. The third-order valence-corrected chi connectivity index (χ3v) is 2.08. The first-order valence-electron chi connectivity index (χ1n) is 4.97. The Morgan fingerprint density at radius 3 is 1.06 bits per heavy atom. The lowest BCUT2D eigenvalue weighted by molar-refractivity contribution is 0.582. The summed E-state index contributed by atoms with van der Waals surface area (Å²) in [5.41, 5.74) is 5.06. The molecule has 0 unspecified atom stereocenters. The van der Waals surface area contributed by atoms with E-state index in [-0.39, 0.29) is 11.4 Å². The third-order valence-electron chi connectivity index (χ3n) is 2.08. The van der Waals surface area contributed by atoms with Gasteiger partial charge in [-0.1, -0.05) is 0 Å². The van der Waals surface area contributed by atoms with Crippen LogP contribution in [0.5, 0.6) is 0 Å². The standard InChI is InChI=1S/C12H8F4N2/c13-7-1-8(14)4-11(3-7)17-18-12-5-9(15)2-10(16)6-12/h1-6,17-18H. The first-order valence-corrected chi connectivity index (χ1v) is 4.97. The molecule has 0 aliphatic rings. The highest BCUT2D eigenvalue weighted by Gasteiger charge is 2.02. The van der Waals surface area contributed by atoms with E-state index in [9.17, 15) is 17.6 Å². The first kappa shape index (κ1) is 12.2. The number of halogens is 4. The van der Waals surface area contributed by atoms with E-state index < -0.39 is 23.3 Å².